The average Bonchev–Trinajstić information content (AvgIpc) is 2.62. The van der Waals surface area contributed by atoms with E-state index in [1.807, 2.05) is 6.21 Å². The summed E-state index contributed by atoms with van der Waals surface area (Å²) in [7, 11) is 4.11. The van der Waals surface area contributed by atoms with Gasteiger partial charge in [-0.05, 0) is 23.3 Å². The Kier molecular flexibility index (Phi) is 5.49. The van der Waals surface area contributed by atoms with Gasteiger partial charge in [-0.25, -0.2) is 0 Å². The number of piperazine rings is 1. The second-order valence-corrected chi connectivity index (χ2v) is 6.45. The van der Waals surface area contributed by atoms with Crippen LogP contribution in [0.25, 0.3) is 0 Å². The molecule has 24 heavy (non-hydrogen) atoms. The van der Waals surface area contributed by atoms with Crippen molar-refractivity contribution < 1.29 is 0 Å². The van der Waals surface area contributed by atoms with Crippen LogP contribution in [-0.4, -0.2) is 56.4 Å². The Labute approximate surface area is 145 Å². The van der Waals surface area contributed by atoms with Gasteiger partial charge in [0.05, 0.1) is 6.21 Å². The molecule has 0 amide bonds. The summed E-state index contributed by atoms with van der Waals surface area (Å²) in [6.45, 7) is 5.13. The van der Waals surface area contributed by atoms with Gasteiger partial charge in [0.25, 0.3) is 0 Å². The topological polar surface area (TPSA) is 22.1 Å². The zero-order chi connectivity index (χ0) is 16.8. The van der Waals surface area contributed by atoms with E-state index in [9.17, 15) is 0 Å². The maximum Gasteiger partial charge on any atom is 0.0542 e. The molecule has 0 saturated carbocycles. The fourth-order valence-electron chi connectivity index (χ4n) is 2.86. The lowest BCUT2D eigenvalue weighted by Gasteiger charge is -2.33. The number of hydrogen-bond donors (Lipinski definition) is 0. The molecule has 0 unspecified atom stereocenters. The van der Waals surface area contributed by atoms with Crippen LogP contribution in [0.4, 0.5) is 5.69 Å². The summed E-state index contributed by atoms with van der Waals surface area (Å²) in [5.74, 6) is 0. The molecule has 4 nitrogen and oxygen atoms in total. The van der Waals surface area contributed by atoms with Crippen molar-refractivity contribution in [2.75, 3.05) is 45.2 Å². The zero-order valence-electron chi connectivity index (χ0n) is 14.6. The van der Waals surface area contributed by atoms with Crippen LogP contribution in [0.2, 0.25) is 0 Å². The molecule has 0 aliphatic carbocycles. The molecule has 0 spiro atoms. The van der Waals surface area contributed by atoms with Gasteiger partial charge in [-0.3, -0.25) is 9.91 Å². The van der Waals surface area contributed by atoms with Crippen molar-refractivity contribution in [2.24, 2.45) is 5.10 Å². The first-order valence-corrected chi connectivity index (χ1v) is 8.53. The minimum atomic E-state index is 0.985. The number of benzene rings is 2. The third-order valence-corrected chi connectivity index (χ3v) is 4.38. The minimum absolute atomic E-state index is 0.985. The number of hydrogen-bond acceptors (Lipinski definition) is 4. The molecule has 2 aromatic carbocycles. The third-order valence-electron chi connectivity index (χ3n) is 4.38. The monoisotopic (exact) mass is 322 g/mol. The van der Waals surface area contributed by atoms with Gasteiger partial charge in [0.15, 0.2) is 0 Å². The van der Waals surface area contributed by atoms with Crippen LogP contribution in [0.1, 0.15) is 11.1 Å². The van der Waals surface area contributed by atoms with Crippen molar-refractivity contribution in [2.45, 2.75) is 6.54 Å². The second kappa shape index (κ2) is 7.97. The Morgan fingerprint density at radius 1 is 0.917 bits per heavy atom. The molecule has 1 fully saturated rings. The molecule has 1 aliphatic rings. The molecular formula is C20H26N4. The van der Waals surface area contributed by atoms with E-state index in [4.69, 9.17) is 0 Å². The van der Waals surface area contributed by atoms with E-state index in [2.05, 4.69) is 88.6 Å². The summed E-state index contributed by atoms with van der Waals surface area (Å²) in [4.78, 5) is 4.60. The standard InChI is InChI=1S/C20H26N4/c1-22(2)20-10-8-18(9-11-20)16-21-24-14-12-23(13-15-24)17-19-6-4-3-5-7-19/h3-11,16H,12-15,17H2,1-2H3. The molecule has 1 saturated heterocycles. The van der Waals surface area contributed by atoms with Crippen molar-refractivity contribution in [3.05, 3.63) is 65.7 Å². The summed E-state index contributed by atoms with van der Waals surface area (Å²) < 4.78 is 0. The molecule has 4 heteroatoms. The summed E-state index contributed by atoms with van der Waals surface area (Å²) in [5, 5.41) is 6.81. The summed E-state index contributed by atoms with van der Waals surface area (Å²) in [6, 6.07) is 19.2. The molecule has 3 rings (SSSR count). The SMILES string of the molecule is CN(C)c1ccc(C=NN2CCN(Cc3ccccc3)CC2)cc1. The molecular weight excluding hydrogens is 296 g/mol. The summed E-state index contributed by atoms with van der Waals surface area (Å²) in [6.07, 6.45) is 1.96. The van der Waals surface area contributed by atoms with Crippen molar-refractivity contribution in [3.8, 4) is 0 Å². The van der Waals surface area contributed by atoms with E-state index >= 15 is 0 Å². The molecule has 0 radical (unpaired) electrons. The molecule has 0 bridgehead atoms. The van der Waals surface area contributed by atoms with Crippen molar-refractivity contribution in [1.29, 1.82) is 0 Å². The molecule has 2 aromatic rings. The predicted molar refractivity (Wildman–Crippen MR) is 102 cm³/mol. The van der Waals surface area contributed by atoms with E-state index in [0.717, 1.165) is 38.3 Å². The number of anilines is 1. The Hall–Kier alpha value is -2.33. The van der Waals surface area contributed by atoms with E-state index < -0.39 is 0 Å². The largest absolute Gasteiger partial charge is 0.378 e. The maximum atomic E-state index is 4.64. The van der Waals surface area contributed by atoms with Gasteiger partial charge >= 0.3 is 0 Å². The fraction of sp³-hybridized carbons (Fsp3) is 0.350. The Bertz CT molecular complexity index is 641. The first kappa shape index (κ1) is 16.5. The highest BCUT2D eigenvalue weighted by molar-refractivity contribution is 5.80. The third kappa shape index (κ3) is 4.59. The number of rotatable bonds is 5. The van der Waals surface area contributed by atoms with Crippen LogP contribution in [0.15, 0.2) is 59.7 Å². The first-order valence-electron chi connectivity index (χ1n) is 8.53. The molecule has 0 aromatic heterocycles. The second-order valence-electron chi connectivity index (χ2n) is 6.45. The van der Waals surface area contributed by atoms with Crippen LogP contribution < -0.4 is 4.90 Å². The molecule has 1 aliphatic heterocycles. The fourth-order valence-corrected chi connectivity index (χ4v) is 2.86. The smallest absolute Gasteiger partial charge is 0.0542 e. The van der Waals surface area contributed by atoms with E-state index in [-0.39, 0.29) is 0 Å². The van der Waals surface area contributed by atoms with Crippen LogP contribution in [0.3, 0.4) is 0 Å². The average molecular weight is 322 g/mol. The summed E-state index contributed by atoms with van der Waals surface area (Å²) >= 11 is 0. The maximum absolute atomic E-state index is 4.64. The lowest BCUT2D eigenvalue weighted by Crippen LogP contribution is -2.43. The van der Waals surface area contributed by atoms with Gasteiger partial charge in [-0.1, -0.05) is 42.5 Å². The van der Waals surface area contributed by atoms with Crippen LogP contribution >= 0.6 is 0 Å². The highest BCUT2D eigenvalue weighted by atomic mass is 15.5. The highest BCUT2D eigenvalue weighted by Crippen LogP contribution is 2.12. The van der Waals surface area contributed by atoms with Gasteiger partial charge in [0.1, 0.15) is 0 Å². The zero-order valence-corrected chi connectivity index (χ0v) is 14.6. The van der Waals surface area contributed by atoms with Crippen molar-refractivity contribution in [3.63, 3.8) is 0 Å². The van der Waals surface area contributed by atoms with Crippen molar-refractivity contribution >= 4 is 11.9 Å². The van der Waals surface area contributed by atoms with Crippen molar-refractivity contribution in [1.82, 2.24) is 9.91 Å². The Balaban J connectivity index is 1.48. The van der Waals surface area contributed by atoms with Gasteiger partial charge in [-0.15, -0.1) is 0 Å². The first-order chi connectivity index (χ1) is 11.7. The van der Waals surface area contributed by atoms with Crippen LogP contribution in [0.5, 0.6) is 0 Å². The Morgan fingerprint density at radius 3 is 2.21 bits per heavy atom. The van der Waals surface area contributed by atoms with E-state index in [0.29, 0.717) is 0 Å². The lowest BCUT2D eigenvalue weighted by atomic mass is 10.2. The van der Waals surface area contributed by atoms with Crippen LogP contribution in [-0.2, 0) is 6.54 Å². The normalized spacial score (nSPS) is 15.8. The Morgan fingerprint density at radius 2 is 1.58 bits per heavy atom. The minimum Gasteiger partial charge on any atom is -0.378 e. The van der Waals surface area contributed by atoms with Gasteiger partial charge in [0.2, 0.25) is 0 Å². The molecule has 0 N–H and O–H groups in total. The van der Waals surface area contributed by atoms with Gasteiger partial charge in [-0.2, -0.15) is 5.10 Å². The molecule has 0 atom stereocenters. The van der Waals surface area contributed by atoms with Gasteiger partial charge in [0, 0.05) is 52.5 Å². The van der Waals surface area contributed by atoms with Crippen LogP contribution in [0, 0.1) is 0 Å². The van der Waals surface area contributed by atoms with E-state index in [1.54, 1.807) is 0 Å². The van der Waals surface area contributed by atoms with Gasteiger partial charge < -0.3 is 4.90 Å². The highest BCUT2D eigenvalue weighted by Gasteiger charge is 2.15. The number of hydrazone groups is 1. The lowest BCUT2D eigenvalue weighted by molar-refractivity contribution is 0.131. The molecule has 1 heterocycles. The van der Waals surface area contributed by atoms with E-state index in [1.165, 1.54) is 11.3 Å². The quantitative estimate of drug-likeness (QED) is 0.790. The summed E-state index contributed by atoms with van der Waals surface area (Å²) in [5.41, 5.74) is 3.74. The molecule has 126 valence electrons. The number of nitrogens with zero attached hydrogens (tertiary/aromatic N) is 4. The predicted octanol–water partition coefficient (Wildman–Crippen LogP) is 2.90.